The minimum absolute atomic E-state index is 0.139. The zero-order chi connectivity index (χ0) is 17.8. The third-order valence-electron chi connectivity index (χ3n) is 4.49. The van der Waals surface area contributed by atoms with E-state index in [0.29, 0.717) is 19.5 Å². The average molecular weight is 364 g/mol. The second-order valence-electron chi connectivity index (χ2n) is 6.27. The Morgan fingerprint density at radius 3 is 2.81 bits per heavy atom. The van der Waals surface area contributed by atoms with Gasteiger partial charge in [0, 0.05) is 28.4 Å². The zero-order valence-corrected chi connectivity index (χ0v) is 15.2. The first kappa shape index (κ1) is 16.7. The van der Waals surface area contributed by atoms with E-state index in [2.05, 4.69) is 23.2 Å². The molecule has 3 heterocycles. The van der Waals surface area contributed by atoms with E-state index in [9.17, 15) is 4.79 Å². The molecular formula is C21H20N2O2S. The Morgan fingerprint density at radius 1 is 1.08 bits per heavy atom. The third kappa shape index (κ3) is 3.73. The van der Waals surface area contributed by atoms with Gasteiger partial charge in [0.2, 0.25) is 5.91 Å². The molecule has 5 heteroatoms. The number of carbonyl (C=O) groups is 1. The van der Waals surface area contributed by atoms with Crippen LogP contribution in [0.1, 0.15) is 22.6 Å². The molecule has 0 atom stereocenters. The van der Waals surface area contributed by atoms with E-state index in [0.717, 1.165) is 17.7 Å². The third-order valence-corrected chi connectivity index (χ3v) is 5.35. The number of carbonyl (C=O) groups excluding carboxylic acids is 1. The minimum Gasteiger partial charge on any atom is -0.467 e. The summed E-state index contributed by atoms with van der Waals surface area (Å²) in [6, 6.07) is 16.0. The van der Waals surface area contributed by atoms with Gasteiger partial charge in [-0.05, 0) is 41.6 Å². The number of benzene rings is 1. The largest absolute Gasteiger partial charge is 0.467 e. The van der Waals surface area contributed by atoms with Gasteiger partial charge in [-0.1, -0.05) is 24.3 Å². The van der Waals surface area contributed by atoms with E-state index in [1.165, 1.54) is 15.8 Å². The molecule has 0 bridgehead atoms. The van der Waals surface area contributed by atoms with Crippen molar-refractivity contribution < 1.29 is 9.21 Å². The molecule has 0 spiro atoms. The van der Waals surface area contributed by atoms with Crippen molar-refractivity contribution in [3.63, 3.8) is 0 Å². The Bertz CT molecular complexity index is 934. The number of furan rings is 1. The molecule has 0 aliphatic heterocycles. The Balaban J connectivity index is 1.46. The molecule has 0 aliphatic rings. The van der Waals surface area contributed by atoms with Gasteiger partial charge in [0.15, 0.2) is 0 Å². The second-order valence-corrected chi connectivity index (χ2v) is 7.30. The Kier molecular flexibility index (Phi) is 4.88. The number of H-pyrrole nitrogens is 1. The van der Waals surface area contributed by atoms with Gasteiger partial charge < -0.3 is 14.3 Å². The lowest BCUT2D eigenvalue weighted by atomic mass is 10.1. The van der Waals surface area contributed by atoms with E-state index in [1.807, 2.05) is 46.8 Å². The van der Waals surface area contributed by atoms with Gasteiger partial charge in [-0.25, -0.2) is 0 Å². The molecule has 4 aromatic rings. The van der Waals surface area contributed by atoms with Gasteiger partial charge in [-0.15, -0.1) is 11.3 Å². The topological polar surface area (TPSA) is 49.2 Å². The van der Waals surface area contributed by atoms with E-state index in [-0.39, 0.29) is 5.91 Å². The number of thiophene rings is 1. The summed E-state index contributed by atoms with van der Waals surface area (Å²) in [5, 5.41) is 3.23. The highest BCUT2D eigenvalue weighted by molar-refractivity contribution is 7.09. The molecule has 0 saturated heterocycles. The predicted octanol–water partition coefficient (Wildman–Crippen LogP) is 4.98. The quantitative estimate of drug-likeness (QED) is 0.502. The number of aryl methyl sites for hydroxylation is 1. The van der Waals surface area contributed by atoms with Crippen molar-refractivity contribution in [3.8, 4) is 0 Å². The molecule has 3 aromatic heterocycles. The molecule has 0 aliphatic carbocycles. The van der Waals surface area contributed by atoms with Crippen LogP contribution < -0.4 is 0 Å². The van der Waals surface area contributed by atoms with Gasteiger partial charge in [-0.3, -0.25) is 4.79 Å². The highest BCUT2D eigenvalue weighted by atomic mass is 32.1. The van der Waals surface area contributed by atoms with Crippen LogP contribution >= 0.6 is 11.3 Å². The Morgan fingerprint density at radius 2 is 2.00 bits per heavy atom. The highest BCUT2D eigenvalue weighted by Gasteiger charge is 2.17. The maximum absolute atomic E-state index is 12.9. The second kappa shape index (κ2) is 7.62. The number of nitrogens with one attached hydrogen (secondary N) is 1. The monoisotopic (exact) mass is 364 g/mol. The molecule has 4 rings (SSSR count). The Labute approximate surface area is 156 Å². The lowest BCUT2D eigenvalue weighted by Crippen LogP contribution is -2.29. The van der Waals surface area contributed by atoms with Crippen molar-refractivity contribution in [1.29, 1.82) is 0 Å². The van der Waals surface area contributed by atoms with Crippen molar-refractivity contribution in [2.45, 2.75) is 25.9 Å². The molecule has 1 aromatic carbocycles. The van der Waals surface area contributed by atoms with Crippen LogP contribution in [0, 0.1) is 0 Å². The van der Waals surface area contributed by atoms with Crippen LogP contribution in [-0.2, 0) is 24.3 Å². The first-order chi connectivity index (χ1) is 12.8. The number of nitrogens with zero attached hydrogens (tertiary/aromatic N) is 1. The van der Waals surface area contributed by atoms with Crippen molar-refractivity contribution in [3.05, 3.63) is 82.6 Å². The highest BCUT2D eigenvalue weighted by Crippen LogP contribution is 2.21. The zero-order valence-electron chi connectivity index (χ0n) is 14.4. The number of aromatic nitrogens is 1. The molecule has 0 fully saturated rings. The van der Waals surface area contributed by atoms with Crippen LogP contribution in [0.25, 0.3) is 10.9 Å². The van der Waals surface area contributed by atoms with Crippen molar-refractivity contribution in [2.24, 2.45) is 0 Å². The molecule has 0 saturated carbocycles. The molecular weight excluding hydrogens is 344 g/mol. The number of rotatable bonds is 7. The summed E-state index contributed by atoms with van der Waals surface area (Å²) in [5.41, 5.74) is 2.30. The number of fused-ring (bicyclic) bond motifs is 1. The fourth-order valence-corrected chi connectivity index (χ4v) is 3.87. The summed E-state index contributed by atoms with van der Waals surface area (Å²) in [7, 11) is 0. The normalized spacial score (nSPS) is 11.1. The van der Waals surface area contributed by atoms with E-state index in [1.54, 1.807) is 17.6 Å². The smallest absolute Gasteiger partial charge is 0.223 e. The van der Waals surface area contributed by atoms with Crippen molar-refractivity contribution in [2.75, 3.05) is 0 Å². The van der Waals surface area contributed by atoms with Crippen molar-refractivity contribution >= 4 is 28.1 Å². The fourth-order valence-electron chi connectivity index (χ4n) is 3.15. The lowest BCUT2D eigenvalue weighted by molar-refractivity contribution is -0.132. The van der Waals surface area contributed by atoms with Gasteiger partial charge >= 0.3 is 0 Å². The van der Waals surface area contributed by atoms with Crippen LogP contribution in [-0.4, -0.2) is 15.8 Å². The summed E-state index contributed by atoms with van der Waals surface area (Å²) in [6.07, 6.45) is 4.86. The summed E-state index contributed by atoms with van der Waals surface area (Å²) in [5.74, 6) is 0.946. The van der Waals surface area contributed by atoms with E-state index < -0.39 is 0 Å². The van der Waals surface area contributed by atoms with Crippen LogP contribution in [0.3, 0.4) is 0 Å². The number of para-hydroxylation sites is 1. The van der Waals surface area contributed by atoms with Gasteiger partial charge in [-0.2, -0.15) is 0 Å². The molecule has 0 unspecified atom stereocenters. The average Bonchev–Trinajstić information content (AvgIpc) is 3.41. The number of hydrogen-bond acceptors (Lipinski definition) is 3. The van der Waals surface area contributed by atoms with Gasteiger partial charge in [0.05, 0.1) is 19.4 Å². The number of amides is 1. The summed E-state index contributed by atoms with van der Waals surface area (Å²) >= 11 is 1.67. The predicted molar refractivity (Wildman–Crippen MR) is 104 cm³/mol. The standard InChI is InChI=1S/C21H20N2O2S/c24-21(10-9-16-13-22-20-8-2-1-7-19(16)20)23(14-17-5-3-11-25-17)15-18-6-4-12-26-18/h1-8,11-13,22H,9-10,14-15H2. The van der Waals surface area contributed by atoms with Crippen LogP contribution in [0.4, 0.5) is 0 Å². The fraction of sp³-hybridized carbons (Fsp3) is 0.190. The molecule has 26 heavy (non-hydrogen) atoms. The molecule has 1 amide bonds. The number of hydrogen-bond donors (Lipinski definition) is 1. The van der Waals surface area contributed by atoms with Gasteiger partial charge in [0.1, 0.15) is 5.76 Å². The van der Waals surface area contributed by atoms with Crippen LogP contribution in [0.2, 0.25) is 0 Å². The van der Waals surface area contributed by atoms with Crippen LogP contribution in [0.5, 0.6) is 0 Å². The first-order valence-electron chi connectivity index (χ1n) is 8.67. The minimum atomic E-state index is 0.139. The molecule has 1 N–H and O–H groups in total. The summed E-state index contributed by atoms with van der Waals surface area (Å²) < 4.78 is 5.45. The Hall–Kier alpha value is -2.79. The molecule has 132 valence electrons. The maximum Gasteiger partial charge on any atom is 0.223 e. The SMILES string of the molecule is O=C(CCc1c[nH]c2ccccc12)N(Cc1ccco1)Cc1cccs1. The summed E-state index contributed by atoms with van der Waals surface area (Å²) in [4.78, 5) is 19.2. The van der Waals surface area contributed by atoms with Gasteiger partial charge in [0.25, 0.3) is 0 Å². The summed E-state index contributed by atoms with van der Waals surface area (Å²) in [6.45, 7) is 1.11. The molecule has 4 nitrogen and oxygen atoms in total. The lowest BCUT2D eigenvalue weighted by Gasteiger charge is -2.21. The van der Waals surface area contributed by atoms with Crippen LogP contribution in [0.15, 0.2) is 70.8 Å². The van der Waals surface area contributed by atoms with Crippen molar-refractivity contribution in [1.82, 2.24) is 9.88 Å². The molecule has 0 radical (unpaired) electrons. The first-order valence-corrected chi connectivity index (χ1v) is 9.55. The maximum atomic E-state index is 12.9. The van der Waals surface area contributed by atoms with E-state index >= 15 is 0 Å². The van der Waals surface area contributed by atoms with E-state index in [4.69, 9.17) is 4.42 Å². The number of aromatic amines is 1.